The minimum Gasteiger partial charge on any atom is -0.465 e. The Morgan fingerprint density at radius 2 is 2.00 bits per heavy atom. The van der Waals surface area contributed by atoms with Gasteiger partial charge >= 0.3 is 5.97 Å². The predicted molar refractivity (Wildman–Crippen MR) is 88.8 cm³/mol. The summed E-state index contributed by atoms with van der Waals surface area (Å²) < 4.78 is 5.48. The van der Waals surface area contributed by atoms with E-state index < -0.39 is 6.10 Å². The van der Waals surface area contributed by atoms with Gasteiger partial charge in [0, 0.05) is 22.3 Å². The monoisotopic (exact) mass is 338 g/mol. The largest absolute Gasteiger partial charge is 0.465 e. The van der Waals surface area contributed by atoms with Gasteiger partial charge in [-0.2, -0.15) is 0 Å². The summed E-state index contributed by atoms with van der Waals surface area (Å²) in [4.78, 5) is 11.7. The molecular weight excluding hydrogens is 312 g/mol. The van der Waals surface area contributed by atoms with E-state index in [1.165, 1.54) is 6.42 Å². The first-order valence-corrected chi connectivity index (χ1v) is 9.43. The second-order valence-corrected chi connectivity index (χ2v) is 9.23. The molecule has 1 N–H and O–H groups in total. The average Bonchev–Trinajstić information content (AvgIpc) is 2.52. The van der Waals surface area contributed by atoms with Crippen molar-refractivity contribution in [2.45, 2.75) is 58.5 Å². The van der Waals surface area contributed by atoms with Crippen molar-refractivity contribution < 1.29 is 14.6 Å². The first-order valence-electron chi connectivity index (χ1n) is 9.05. The highest BCUT2D eigenvalue weighted by Gasteiger charge is 2.59. The molecule has 0 unspecified atom stereocenters. The summed E-state index contributed by atoms with van der Waals surface area (Å²) in [7, 11) is 0. The Kier molecular flexibility index (Phi) is 3.63. The molecule has 2 saturated carbocycles. The van der Waals surface area contributed by atoms with Gasteiger partial charge < -0.3 is 9.84 Å². The molecule has 0 amide bonds. The van der Waals surface area contributed by atoms with Crippen LogP contribution in [0.3, 0.4) is 0 Å². The molecule has 4 rings (SSSR count). The van der Waals surface area contributed by atoms with Crippen LogP contribution in [0.4, 0.5) is 0 Å². The Morgan fingerprint density at radius 1 is 1.22 bits per heavy atom. The molecule has 0 aromatic rings. The first-order chi connectivity index (χ1) is 10.9. The van der Waals surface area contributed by atoms with Crippen LogP contribution in [-0.2, 0) is 9.53 Å². The highest BCUT2D eigenvalue weighted by atomic mass is 35.5. The van der Waals surface area contributed by atoms with E-state index in [1.807, 2.05) is 6.08 Å². The van der Waals surface area contributed by atoms with Crippen LogP contribution in [-0.4, -0.2) is 23.8 Å². The summed E-state index contributed by atoms with van der Waals surface area (Å²) >= 11 is 6.26. The van der Waals surface area contributed by atoms with Gasteiger partial charge in [-0.25, -0.2) is 0 Å². The predicted octanol–water partition coefficient (Wildman–Crippen LogP) is 3.89. The number of halogens is 1. The second-order valence-electron chi connectivity index (χ2n) is 8.79. The maximum atomic E-state index is 11.7. The number of hydrogen-bond donors (Lipinski definition) is 1. The van der Waals surface area contributed by atoms with Gasteiger partial charge in [0.1, 0.15) is 0 Å². The fourth-order valence-electron chi connectivity index (χ4n) is 6.39. The number of carbonyl (C=O) groups excluding carboxylic acids is 1. The smallest absolute Gasteiger partial charge is 0.306 e. The molecule has 0 spiro atoms. The lowest BCUT2D eigenvalue weighted by atomic mass is 9.45. The Morgan fingerprint density at radius 3 is 2.78 bits per heavy atom. The number of allylic oxidation sites excluding steroid dienone is 1. The Bertz CT molecular complexity index is 559. The van der Waals surface area contributed by atoms with Crippen molar-refractivity contribution in [3.05, 3.63) is 11.1 Å². The standard InChI is InChI=1S/C19H27ClO3/c1-18-8-7-14-12(13(18)5-6-15(20)17(18)22)4-3-11-9-16(21)23-10-19(11,14)2/h6,11-14,17,22H,3-5,7-10H2,1-2H3/t11-,12-,13-,14-,17-,18-,19-/m0/s1. The van der Waals surface area contributed by atoms with Crippen LogP contribution in [0, 0.1) is 34.5 Å². The zero-order chi connectivity index (χ0) is 16.4. The number of esters is 1. The van der Waals surface area contributed by atoms with Crippen LogP contribution >= 0.6 is 11.6 Å². The van der Waals surface area contributed by atoms with Crippen molar-refractivity contribution in [2.24, 2.45) is 34.5 Å². The van der Waals surface area contributed by atoms with Crippen LogP contribution in [0.25, 0.3) is 0 Å². The molecule has 7 atom stereocenters. The fourth-order valence-corrected chi connectivity index (χ4v) is 6.73. The van der Waals surface area contributed by atoms with Gasteiger partial charge in [0.25, 0.3) is 0 Å². The highest BCUT2D eigenvalue weighted by molar-refractivity contribution is 6.30. The van der Waals surface area contributed by atoms with Crippen LogP contribution < -0.4 is 0 Å². The van der Waals surface area contributed by atoms with Crippen molar-refractivity contribution in [2.75, 3.05) is 6.61 Å². The van der Waals surface area contributed by atoms with E-state index in [1.54, 1.807) is 0 Å². The molecule has 3 fully saturated rings. The summed E-state index contributed by atoms with van der Waals surface area (Å²) in [6.45, 7) is 5.15. The van der Waals surface area contributed by atoms with Gasteiger partial charge in [-0.05, 0) is 55.8 Å². The normalized spacial score (nSPS) is 52.6. The molecule has 23 heavy (non-hydrogen) atoms. The summed E-state index contributed by atoms with van der Waals surface area (Å²) in [5, 5.41) is 11.3. The quantitative estimate of drug-likeness (QED) is 0.682. The third-order valence-corrected chi connectivity index (χ3v) is 8.27. The van der Waals surface area contributed by atoms with Crippen LogP contribution in [0.2, 0.25) is 0 Å². The van der Waals surface area contributed by atoms with Crippen molar-refractivity contribution in [3.63, 3.8) is 0 Å². The lowest BCUT2D eigenvalue weighted by Gasteiger charge is -2.61. The molecular formula is C19H27ClO3. The number of hydrogen-bond acceptors (Lipinski definition) is 3. The van der Waals surface area contributed by atoms with E-state index in [0.29, 0.717) is 41.7 Å². The molecule has 0 bridgehead atoms. The maximum absolute atomic E-state index is 11.7. The fraction of sp³-hybridized carbons (Fsp3) is 0.842. The number of ether oxygens (including phenoxy) is 1. The van der Waals surface area contributed by atoms with E-state index in [2.05, 4.69) is 13.8 Å². The number of fused-ring (bicyclic) bond motifs is 5. The number of cyclic esters (lactones) is 1. The molecule has 3 aliphatic carbocycles. The summed E-state index contributed by atoms with van der Waals surface area (Å²) in [5.41, 5.74) is 0.0234. The number of aliphatic hydroxyl groups excluding tert-OH is 1. The lowest BCUT2D eigenvalue weighted by molar-refractivity contribution is -0.185. The van der Waals surface area contributed by atoms with E-state index in [0.717, 1.165) is 25.7 Å². The van der Waals surface area contributed by atoms with Crippen molar-refractivity contribution >= 4 is 17.6 Å². The van der Waals surface area contributed by atoms with Gasteiger partial charge in [0.05, 0.1) is 12.7 Å². The molecule has 3 nitrogen and oxygen atoms in total. The highest BCUT2D eigenvalue weighted by Crippen LogP contribution is 2.63. The number of carbonyl (C=O) groups is 1. The average molecular weight is 339 g/mol. The van der Waals surface area contributed by atoms with E-state index in [-0.39, 0.29) is 16.8 Å². The third kappa shape index (κ3) is 2.15. The third-order valence-electron chi connectivity index (χ3n) is 7.91. The maximum Gasteiger partial charge on any atom is 0.306 e. The van der Waals surface area contributed by atoms with Gasteiger partial charge in [-0.15, -0.1) is 0 Å². The van der Waals surface area contributed by atoms with Gasteiger partial charge in [0.2, 0.25) is 0 Å². The van der Waals surface area contributed by atoms with Crippen LogP contribution in [0.15, 0.2) is 11.1 Å². The molecule has 0 aromatic heterocycles. The number of rotatable bonds is 0. The Balaban J connectivity index is 1.66. The lowest BCUT2D eigenvalue weighted by Crippen LogP contribution is -2.58. The Labute approximate surface area is 143 Å². The van der Waals surface area contributed by atoms with E-state index in [9.17, 15) is 9.90 Å². The molecule has 1 saturated heterocycles. The molecule has 4 heteroatoms. The van der Waals surface area contributed by atoms with Crippen LogP contribution in [0.1, 0.15) is 52.4 Å². The molecule has 0 aromatic carbocycles. The Hall–Kier alpha value is -0.540. The zero-order valence-electron chi connectivity index (χ0n) is 14.1. The molecule has 1 heterocycles. The molecule has 1 aliphatic heterocycles. The zero-order valence-corrected chi connectivity index (χ0v) is 14.8. The molecule has 128 valence electrons. The number of aliphatic hydroxyl groups is 1. The minimum atomic E-state index is -0.515. The van der Waals surface area contributed by atoms with Crippen molar-refractivity contribution in [3.8, 4) is 0 Å². The van der Waals surface area contributed by atoms with Crippen LogP contribution in [0.5, 0.6) is 0 Å². The van der Waals surface area contributed by atoms with Gasteiger partial charge in [-0.3, -0.25) is 4.79 Å². The second kappa shape index (κ2) is 5.23. The SMILES string of the molecule is C[C@]12COC(=O)C[C@@H]1CC[C@@H]1[C@@H]2CC[C@]2(C)[C@@H](O)C(Cl)=CC[C@@H]12. The van der Waals surface area contributed by atoms with Gasteiger partial charge in [-0.1, -0.05) is 31.5 Å². The van der Waals surface area contributed by atoms with E-state index in [4.69, 9.17) is 16.3 Å². The summed E-state index contributed by atoms with van der Waals surface area (Å²) in [5.74, 6) is 2.16. The minimum absolute atomic E-state index is 0.0191. The summed E-state index contributed by atoms with van der Waals surface area (Å²) in [6, 6.07) is 0. The topological polar surface area (TPSA) is 46.5 Å². The van der Waals surface area contributed by atoms with E-state index >= 15 is 0 Å². The molecule has 4 aliphatic rings. The van der Waals surface area contributed by atoms with Gasteiger partial charge in [0.15, 0.2) is 0 Å². The van der Waals surface area contributed by atoms with Crippen molar-refractivity contribution in [1.82, 2.24) is 0 Å². The van der Waals surface area contributed by atoms with Crippen molar-refractivity contribution in [1.29, 1.82) is 0 Å². The first kappa shape index (κ1) is 16.0. The molecule has 0 radical (unpaired) electrons. The summed E-state index contributed by atoms with van der Waals surface area (Å²) in [6.07, 6.45) is 7.52.